The molecule has 4 heteroatoms. The van der Waals surface area contributed by atoms with E-state index in [-0.39, 0.29) is 0 Å². The van der Waals surface area contributed by atoms with Crippen LogP contribution in [0.5, 0.6) is 0 Å². The van der Waals surface area contributed by atoms with E-state index < -0.39 is 5.97 Å². The molecule has 0 aliphatic carbocycles. The van der Waals surface area contributed by atoms with E-state index in [0.29, 0.717) is 6.42 Å². The molecule has 1 aromatic rings. The van der Waals surface area contributed by atoms with Crippen molar-refractivity contribution in [2.75, 3.05) is 11.5 Å². The molecule has 0 aliphatic heterocycles. The molecule has 0 saturated carbocycles. The normalized spacial score (nSPS) is 9.86. The van der Waals surface area contributed by atoms with Gasteiger partial charge in [0.1, 0.15) is 0 Å². The van der Waals surface area contributed by atoms with Gasteiger partial charge in [0.25, 0.3) is 0 Å². The maximum absolute atomic E-state index is 10.2. The Morgan fingerprint density at radius 1 is 0.818 bits per heavy atom. The van der Waals surface area contributed by atoms with E-state index in [1.165, 1.54) is 44.9 Å². The first kappa shape index (κ1) is 20.3. The van der Waals surface area contributed by atoms with Gasteiger partial charge in [-0.05, 0) is 30.7 Å². The van der Waals surface area contributed by atoms with Gasteiger partial charge in [0.2, 0.25) is 0 Å². The Labute approximate surface area is 134 Å². The molecule has 5 N–H and O–H groups in total. The van der Waals surface area contributed by atoms with Crippen LogP contribution >= 0.6 is 0 Å². The van der Waals surface area contributed by atoms with Crippen LogP contribution in [-0.4, -0.2) is 11.1 Å². The van der Waals surface area contributed by atoms with Gasteiger partial charge in [-0.2, -0.15) is 0 Å². The van der Waals surface area contributed by atoms with Crippen LogP contribution < -0.4 is 11.5 Å². The number of carboxylic acids is 1. The predicted octanol–water partition coefficient (Wildman–Crippen LogP) is 4.84. The van der Waals surface area contributed by atoms with Gasteiger partial charge in [-0.3, -0.25) is 4.79 Å². The van der Waals surface area contributed by atoms with Crippen LogP contribution in [-0.2, 0) is 4.79 Å². The number of rotatable bonds is 10. The fourth-order valence-corrected chi connectivity index (χ4v) is 2.08. The first-order valence-corrected chi connectivity index (χ1v) is 8.39. The van der Waals surface area contributed by atoms with Gasteiger partial charge in [-0.15, -0.1) is 0 Å². The molecule has 0 unspecified atom stereocenters. The number of hydrogen-bond acceptors (Lipinski definition) is 3. The molecule has 4 nitrogen and oxygen atoms in total. The van der Waals surface area contributed by atoms with E-state index in [1.54, 1.807) is 24.3 Å². The molecule has 0 radical (unpaired) electrons. The summed E-state index contributed by atoms with van der Waals surface area (Å²) in [6.07, 6.45) is 11.5. The van der Waals surface area contributed by atoms with Crippen molar-refractivity contribution in [1.82, 2.24) is 0 Å². The summed E-state index contributed by atoms with van der Waals surface area (Å²) >= 11 is 0. The number of benzene rings is 1. The summed E-state index contributed by atoms with van der Waals surface area (Å²) in [5.41, 5.74) is 12.2. The Morgan fingerprint density at radius 3 is 1.55 bits per heavy atom. The number of unbranched alkanes of at least 4 members (excludes halogenated alkanes) is 8. The molecule has 1 aromatic carbocycles. The third-order valence-electron chi connectivity index (χ3n) is 3.43. The van der Waals surface area contributed by atoms with Gasteiger partial charge in [-0.1, -0.05) is 58.3 Å². The van der Waals surface area contributed by atoms with Crippen molar-refractivity contribution in [2.45, 2.75) is 71.1 Å². The molecule has 0 heterocycles. The number of carboxylic acid groups (broad SMARTS) is 1. The van der Waals surface area contributed by atoms with Crippen molar-refractivity contribution in [1.29, 1.82) is 0 Å². The summed E-state index contributed by atoms with van der Waals surface area (Å²) < 4.78 is 0. The fraction of sp³-hybridized carbons (Fsp3) is 0.611. The van der Waals surface area contributed by atoms with E-state index in [9.17, 15) is 4.79 Å². The van der Waals surface area contributed by atoms with Gasteiger partial charge in [-0.25, -0.2) is 0 Å². The molecule has 0 atom stereocenters. The highest BCUT2D eigenvalue weighted by Gasteiger charge is 1.96. The number of nitrogens with two attached hydrogens (primary N) is 2. The molecule has 1 rings (SSSR count). The molecular formula is C18H32N2O2. The monoisotopic (exact) mass is 308 g/mol. The van der Waals surface area contributed by atoms with E-state index in [0.717, 1.165) is 24.2 Å². The zero-order valence-electron chi connectivity index (χ0n) is 13.9. The van der Waals surface area contributed by atoms with Crippen LogP contribution in [0.1, 0.15) is 71.1 Å². The quantitative estimate of drug-likeness (QED) is 0.426. The number of hydrogen-bond donors (Lipinski definition) is 3. The summed E-state index contributed by atoms with van der Waals surface area (Å²) in [7, 11) is 0. The lowest BCUT2D eigenvalue weighted by molar-refractivity contribution is -0.137. The molecule has 0 aliphatic rings. The molecule has 0 saturated heterocycles. The predicted molar refractivity (Wildman–Crippen MR) is 94.7 cm³/mol. The minimum Gasteiger partial charge on any atom is -0.481 e. The number of carbonyl (C=O) groups is 1. The van der Waals surface area contributed by atoms with Crippen molar-refractivity contribution in [3.63, 3.8) is 0 Å². The molecule has 0 fully saturated rings. The van der Waals surface area contributed by atoms with Crippen LogP contribution in [0.4, 0.5) is 11.4 Å². The first-order valence-electron chi connectivity index (χ1n) is 8.39. The smallest absolute Gasteiger partial charge is 0.303 e. The van der Waals surface area contributed by atoms with Gasteiger partial charge in [0, 0.05) is 17.8 Å². The van der Waals surface area contributed by atoms with E-state index in [2.05, 4.69) is 6.92 Å². The zero-order chi connectivity index (χ0) is 16.6. The second-order valence-corrected chi connectivity index (χ2v) is 5.64. The largest absolute Gasteiger partial charge is 0.481 e. The van der Waals surface area contributed by atoms with Gasteiger partial charge < -0.3 is 16.6 Å². The first-order chi connectivity index (χ1) is 10.6. The van der Waals surface area contributed by atoms with Crippen molar-refractivity contribution < 1.29 is 9.90 Å². The Morgan fingerprint density at radius 2 is 1.18 bits per heavy atom. The number of anilines is 2. The summed E-state index contributed by atoms with van der Waals surface area (Å²) in [5.74, 6) is -0.659. The van der Waals surface area contributed by atoms with Crippen LogP contribution in [0.15, 0.2) is 24.3 Å². The highest BCUT2D eigenvalue weighted by molar-refractivity contribution is 5.66. The van der Waals surface area contributed by atoms with Gasteiger partial charge in [0.15, 0.2) is 0 Å². The topological polar surface area (TPSA) is 89.3 Å². The lowest BCUT2D eigenvalue weighted by Gasteiger charge is -2.00. The third-order valence-corrected chi connectivity index (χ3v) is 3.43. The van der Waals surface area contributed by atoms with Crippen LogP contribution in [0.2, 0.25) is 0 Å². The molecule has 0 aromatic heterocycles. The lowest BCUT2D eigenvalue weighted by atomic mass is 10.1. The molecule has 0 spiro atoms. The van der Waals surface area contributed by atoms with Gasteiger partial charge >= 0.3 is 5.97 Å². The SMILES string of the molecule is CCCCCCCCCCCC(=O)O.Nc1ccc(N)cc1. The van der Waals surface area contributed by atoms with Crippen molar-refractivity contribution in [3.8, 4) is 0 Å². The van der Waals surface area contributed by atoms with Gasteiger partial charge in [0.05, 0.1) is 0 Å². The number of aliphatic carboxylic acids is 1. The van der Waals surface area contributed by atoms with Crippen LogP contribution in [0.25, 0.3) is 0 Å². The second kappa shape index (κ2) is 14.2. The molecule has 22 heavy (non-hydrogen) atoms. The average molecular weight is 308 g/mol. The Kier molecular flexibility index (Phi) is 13.1. The summed E-state index contributed by atoms with van der Waals surface area (Å²) in [6, 6.07) is 7.09. The van der Waals surface area contributed by atoms with E-state index in [4.69, 9.17) is 16.6 Å². The lowest BCUT2D eigenvalue weighted by Crippen LogP contribution is -1.93. The Bertz CT molecular complexity index is 356. The maximum Gasteiger partial charge on any atom is 0.303 e. The van der Waals surface area contributed by atoms with E-state index in [1.807, 2.05) is 0 Å². The minimum atomic E-state index is -0.659. The number of nitrogen functional groups attached to an aromatic ring is 2. The average Bonchev–Trinajstić information content (AvgIpc) is 2.49. The fourth-order valence-electron chi connectivity index (χ4n) is 2.08. The third kappa shape index (κ3) is 14.7. The molecule has 0 bridgehead atoms. The minimum absolute atomic E-state index is 0.343. The standard InChI is InChI=1S/C12H24O2.C6H8N2/c1-2-3-4-5-6-7-8-9-10-11-12(13)14;7-5-1-2-6(8)4-3-5/h2-11H2,1H3,(H,13,14);1-4H,7-8H2. The molecular weight excluding hydrogens is 276 g/mol. The summed E-state index contributed by atoms with van der Waals surface area (Å²) in [4.78, 5) is 10.2. The van der Waals surface area contributed by atoms with Crippen LogP contribution in [0.3, 0.4) is 0 Å². The maximum atomic E-state index is 10.2. The summed E-state index contributed by atoms with van der Waals surface area (Å²) in [5, 5.41) is 8.41. The van der Waals surface area contributed by atoms with E-state index >= 15 is 0 Å². The van der Waals surface area contributed by atoms with Crippen molar-refractivity contribution in [2.24, 2.45) is 0 Å². The Hall–Kier alpha value is -1.71. The summed E-state index contributed by atoms with van der Waals surface area (Å²) in [6.45, 7) is 2.23. The zero-order valence-corrected chi connectivity index (χ0v) is 13.9. The highest BCUT2D eigenvalue weighted by atomic mass is 16.4. The molecule has 0 amide bonds. The van der Waals surface area contributed by atoms with Crippen LogP contribution in [0, 0.1) is 0 Å². The molecule has 126 valence electrons. The van der Waals surface area contributed by atoms with Crippen molar-refractivity contribution >= 4 is 17.3 Å². The second-order valence-electron chi connectivity index (χ2n) is 5.64. The van der Waals surface area contributed by atoms with Crippen molar-refractivity contribution in [3.05, 3.63) is 24.3 Å². The highest BCUT2D eigenvalue weighted by Crippen LogP contribution is 2.10. The Balaban J connectivity index is 0.000000461.